The molecule has 2 aromatic carbocycles. The Morgan fingerprint density at radius 1 is 1.10 bits per heavy atom. The van der Waals surface area contributed by atoms with Crippen LogP contribution in [-0.2, 0) is 6.54 Å². The van der Waals surface area contributed by atoms with Crippen molar-refractivity contribution in [1.82, 2.24) is 5.32 Å². The Morgan fingerprint density at radius 3 is 2.50 bits per heavy atom. The summed E-state index contributed by atoms with van der Waals surface area (Å²) >= 11 is 5.91. The molecule has 0 radical (unpaired) electrons. The summed E-state index contributed by atoms with van der Waals surface area (Å²) in [6.07, 6.45) is 0. The summed E-state index contributed by atoms with van der Waals surface area (Å²) in [5.74, 6) is 0.950. The van der Waals surface area contributed by atoms with Crippen molar-refractivity contribution in [3.05, 3.63) is 64.7 Å². The summed E-state index contributed by atoms with van der Waals surface area (Å²) < 4.78 is 5.63. The van der Waals surface area contributed by atoms with Gasteiger partial charge in [0.2, 0.25) is 0 Å². The van der Waals surface area contributed by atoms with E-state index in [-0.39, 0.29) is 6.04 Å². The lowest BCUT2D eigenvalue weighted by atomic mass is 10.1. The van der Waals surface area contributed by atoms with Gasteiger partial charge >= 0.3 is 0 Å². The predicted molar refractivity (Wildman–Crippen MR) is 84.3 cm³/mol. The number of nitrogens with one attached hydrogen (secondary N) is 1. The molecule has 1 atom stereocenters. The standard InChI is InChI=1S/C17H20ClNO/c1-3-20-17-7-5-4-6-15(17)12-19-13(2)14-8-10-16(18)11-9-14/h4-11,13,19H,3,12H2,1-2H3. The Hall–Kier alpha value is -1.51. The molecule has 0 amide bonds. The zero-order valence-corrected chi connectivity index (χ0v) is 12.7. The number of para-hydroxylation sites is 1. The molecule has 1 N–H and O–H groups in total. The molecule has 1 unspecified atom stereocenters. The van der Waals surface area contributed by atoms with Crippen molar-refractivity contribution in [2.75, 3.05) is 6.61 Å². The van der Waals surface area contributed by atoms with Crippen molar-refractivity contribution in [3.63, 3.8) is 0 Å². The monoisotopic (exact) mass is 289 g/mol. The van der Waals surface area contributed by atoms with E-state index in [1.807, 2.05) is 37.3 Å². The quantitative estimate of drug-likeness (QED) is 0.840. The van der Waals surface area contributed by atoms with Crippen LogP contribution in [0.4, 0.5) is 0 Å². The molecule has 2 rings (SSSR count). The molecule has 0 spiro atoms. The molecule has 2 aromatic rings. The molecule has 0 fully saturated rings. The third-order valence-electron chi connectivity index (χ3n) is 3.24. The molecular weight excluding hydrogens is 270 g/mol. The third-order valence-corrected chi connectivity index (χ3v) is 3.49. The van der Waals surface area contributed by atoms with Crippen molar-refractivity contribution < 1.29 is 4.74 Å². The fourth-order valence-electron chi connectivity index (χ4n) is 2.08. The first-order valence-corrected chi connectivity index (χ1v) is 7.28. The summed E-state index contributed by atoms with van der Waals surface area (Å²) in [5, 5.41) is 4.28. The normalized spacial score (nSPS) is 12.2. The lowest BCUT2D eigenvalue weighted by Gasteiger charge is -2.16. The van der Waals surface area contributed by atoms with Gasteiger partial charge in [-0.2, -0.15) is 0 Å². The molecule has 0 aliphatic carbocycles. The van der Waals surface area contributed by atoms with Gasteiger partial charge in [-0.3, -0.25) is 0 Å². The second-order valence-corrected chi connectivity index (χ2v) is 5.13. The van der Waals surface area contributed by atoms with E-state index in [1.54, 1.807) is 0 Å². The molecule has 0 aromatic heterocycles. The van der Waals surface area contributed by atoms with Crippen LogP contribution >= 0.6 is 11.6 Å². The van der Waals surface area contributed by atoms with Crippen LogP contribution in [0.15, 0.2) is 48.5 Å². The molecule has 2 nitrogen and oxygen atoms in total. The van der Waals surface area contributed by atoms with Crippen molar-refractivity contribution >= 4 is 11.6 Å². The molecule has 20 heavy (non-hydrogen) atoms. The molecule has 0 saturated heterocycles. The molecule has 106 valence electrons. The molecule has 0 aliphatic rings. The fourth-order valence-corrected chi connectivity index (χ4v) is 2.20. The largest absolute Gasteiger partial charge is 0.494 e. The number of hydrogen-bond donors (Lipinski definition) is 1. The van der Waals surface area contributed by atoms with E-state index in [4.69, 9.17) is 16.3 Å². The maximum Gasteiger partial charge on any atom is 0.123 e. The van der Waals surface area contributed by atoms with E-state index in [2.05, 4.69) is 30.4 Å². The number of hydrogen-bond acceptors (Lipinski definition) is 2. The maximum absolute atomic E-state index is 5.91. The van der Waals surface area contributed by atoms with E-state index in [0.29, 0.717) is 6.61 Å². The fraction of sp³-hybridized carbons (Fsp3) is 0.294. The van der Waals surface area contributed by atoms with Gasteiger partial charge in [-0.05, 0) is 37.6 Å². The highest BCUT2D eigenvalue weighted by atomic mass is 35.5. The summed E-state index contributed by atoms with van der Waals surface area (Å²) in [7, 11) is 0. The van der Waals surface area contributed by atoms with Crippen molar-refractivity contribution in [2.45, 2.75) is 26.4 Å². The maximum atomic E-state index is 5.91. The highest BCUT2D eigenvalue weighted by Gasteiger charge is 2.07. The SMILES string of the molecule is CCOc1ccccc1CNC(C)c1ccc(Cl)cc1. The Morgan fingerprint density at radius 2 is 1.80 bits per heavy atom. The minimum Gasteiger partial charge on any atom is -0.494 e. The van der Waals surface area contributed by atoms with Crippen LogP contribution in [0.3, 0.4) is 0 Å². The molecule has 0 heterocycles. The second kappa shape index (κ2) is 7.32. The van der Waals surface area contributed by atoms with Gasteiger partial charge in [-0.15, -0.1) is 0 Å². The minimum absolute atomic E-state index is 0.266. The number of halogens is 1. The van der Waals surface area contributed by atoms with Crippen LogP contribution in [0.1, 0.15) is 31.0 Å². The van der Waals surface area contributed by atoms with E-state index in [1.165, 1.54) is 11.1 Å². The third kappa shape index (κ3) is 3.99. The Labute approximate surface area is 125 Å². The van der Waals surface area contributed by atoms with E-state index < -0.39 is 0 Å². The molecule has 0 aliphatic heterocycles. The van der Waals surface area contributed by atoms with Gasteiger partial charge in [0.15, 0.2) is 0 Å². The smallest absolute Gasteiger partial charge is 0.123 e. The second-order valence-electron chi connectivity index (χ2n) is 4.69. The Bertz CT molecular complexity index is 539. The molecular formula is C17H20ClNO. The highest BCUT2D eigenvalue weighted by Crippen LogP contribution is 2.20. The van der Waals surface area contributed by atoms with Gasteiger partial charge in [-0.1, -0.05) is 41.9 Å². The van der Waals surface area contributed by atoms with Crippen LogP contribution in [0.25, 0.3) is 0 Å². The van der Waals surface area contributed by atoms with Crippen LogP contribution in [0.2, 0.25) is 5.02 Å². The van der Waals surface area contributed by atoms with E-state index in [0.717, 1.165) is 17.3 Å². The summed E-state index contributed by atoms with van der Waals surface area (Å²) in [6.45, 7) is 5.61. The van der Waals surface area contributed by atoms with Crippen LogP contribution < -0.4 is 10.1 Å². The molecule has 0 bridgehead atoms. The number of ether oxygens (including phenoxy) is 1. The lowest BCUT2D eigenvalue weighted by molar-refractivity contribution is 0.335. The average Bonchev–Trinajstić information content (AvgIpc) is 2.47. The zero-order valence-electron chi connectivity index (χ0n) is 11.9. The van der Waals surface area contributed by atoms with Gasteiger partial charge in [0.25, 0.3) is 0 Å². The predicted octanol–water partition coefficient (Wildman–Crippen LogP) is 4.59. The van der Waals surface area contributed by atoms with Gasteiger partial charge in [0.05, 0.1) is 6.61 Å². The molecule has 3 heteroatoms. The number of rotatable bonds is 6. The first kappa shape index (κ1) is 14.9. The zero-order chi connectivity index (χ0) is 14.4. The number of benzene rings is 2. The van der Waals surface area contributed by atoms with Crippen molar-refractivity contribution in [3.8, 4) is 5.75 Å². The first-order chi connectivity index (χ1) is 9.70. The van der Waals surface area contributed by atoms with Gasteiger partial charge < -0.3 is 10.1 Å². The topological polar surface area (TPSA) is 21.3 Å². The van der Waals surface area contributed by atoms with Crippen LogP contribution in [0.5, 0.6) is 5.75 Å². The van der Waals surface area contributed by atoms with Crippen molar-refractivity contribution in [2.24, 2.45) is 0 Å². The van der Waals surface area contributed by atoms with Gasteiger partial charge in [0, 0.05) is 23.2 Å². The first-order valence-electron chi connectivity index (χ1n) is 6.90. The van der Waals surface area contributed by atoms with Crippen LogP contribution in [-0.4, -0.2) is 6.61 Å². The van der Waals surface area contributed by atoms with Crippen molar-refractivity contribution in [1.29, 1.82) is 0 Å². The summed E-state index contributed by atoms with van der Waals surface area (Å²) in [4.78, 5) is 0. The molecule has 0 saturated carbocycles. The summed E-state index contributed by atoms with van der Waals surface area (Å²) in [5.41, 5.74) is 2.40. The Kier molecular flexibility index (Phi) is 5.45. The summed E-state index contributed by atoms with van der Waals surface area (Å²) in [6, 6.07) is 16.3. The van der Waals surface area contributed by atoms with Gasteiger partial charge in [0.1, 0.15) is 5.75 Å². The van der Waals surface area contributed by atoms with Crippen LogP contribution in [0, 0.1) is 0 Å². The van der Waals surface area contributed by atoms with Gasteiger partial charge in [-0.25, -0.2) is 0 Å². The Balaban J connectivity index is 1.99. The van der Waals surface area contributed by atoms with E-state index >= 15 is 0 Å². The minimum atomic E-state index is 0.266. The lowest BCUT2D eigenvalue weighted by Crippen LogP contribution is -2.18. The highest BCUT2D eigenvalue weighted by molar-refractivity contribution is 6.30. The average molecular weight is 290 g/mol. The van der Waals surface area contributed by atoms with E-state index in [9.17, 15) is 0 Å².